The van der Waals surface area contributed by atoms with Crippen LogP contribution in [0.15, 0.2) is 53.9 Å². The van der Waals surface area contributed by atoms with Gasteiger partial charge in [-0.25, -0.2) is 4.68 Å². The minimum Gasteiger partial charge on any atom is -0.352 e. The van der Waals surface area contributed by atoms with Crippen molar-refractivity contribution in [2.24, 2.45) is 0 Å². The SMILES string of the molecule is CC1(C)C(=O)NCCN1C(=O)c1cc(-c2cccs2)n(-c2ccccc2)n1. The molecule has 0 atom stereocenters. The summed E-state index contributed by atoms with van der Waals surface area (Å²) in [4.78, 5) is 28.0. The van der Waals surface area contributed by atoms with Gasteiger partial charge in [-0.3, -0.25) is 9.59 Å². The number of thiophene rings is 1. The third-order valence-corrected chi connectivity index (χ3v) is 5.69. The first kappa shape index (κ1) is 17.5. The standard InChI is InChI=1S/C20H20N4O2S/c1-20(2)19(26)21-10-11-23(20)18(25)15-13-16(17-9-6-12-27-17)24(22-15)14-7-4-3-5-8-14/h3-9,12-13H,10-11H2,1-2H3,(H,21,26). The van der Waals surface area contributed by atoms with Crippen LogP contribution >= 0.6 is 11.3 Å². The van der Waals surface area contributed by atoms with Gasteiger partial charge in [-0.1, -0.05) is 24.3 Å². The van der Waals surface area contributed by atoms with Crippen LogP contribution in [0, 0.1) is 0 Å². The van der Waals surface area contributed by atoms with E-state index >= 15 is 0 Å². The van der Waals surface area contributed by atoms with Crippen molar-refractivity contribution in [2.45, 2.75) is 19.4 Å². The zero-order chi connectivity index (χ0) is 19.0. The number of nitrogens with zero attached hydrogens (tertiary/aromatic N) is 3. The lowest BCUT2D eigenvalue weighted by atomic mass is 9.98. The van der Waals surface area contributed by atoms with Crippen LogP contribution in [-0.4, -0.2) is 45.1 Å². The highest BCUT2D eigenvalue weighted by Gasteiger charge is 2.41. The van der Waals surface area contributed by atoms with E-state index in [0.717, 1.165) is 16.3 Å². The zero-order valence-electron chi connectivity index (χ0n) is 15.2. The van der Waals surface area contributed by atoms with Crippen molar-refractivity contribution in [1.29, 1.82) is 0 Å². The van der Waals surface area contributed by atoms with E-state index in [1.165, 1.54) is 0 Å². The minimum absolute atomic E-state index is 0.150. The molecule has 0 spiro atoms. The summed E-state index contributed by atoms with van der Waals surface area (Å²) in [7, 11) is 0. The summed E-state index contributed by atoms with van der Waals surface area (Å²) in [5, 5.41) is 9.42. The quantitative estimate of drug-likeness (QED) is 0.760. The molecule has 0 saturated carbocycles. The molecule has 2 amide bonds. The number of hydrogen-bond donors (Lipinski definition) is 1. The van der Waals surface area contributed by atoms with Gasteiger partial charge in [0.1, 0.15) is 5.54 Å². The second-order valence-corrected chi connectivity index (χ2v) is 7.86. The smallest absolute Gasteiger partial charge is 0.275 e. The Bertz CT molecular complexity index is 977. The maximum absolute atomic E-state index is 13.2. The number of carbonyl (C=O) groups is 2. The molecule has 4 rings (SSSR count). The number of hydrogen-bond acceptors (Lipinski definition) is 4. The van der Waals surface area contributed by atoms with Crippen molar-refractivity contribution in [1.82, 2.24) is 20.0 Å². The Morgan fingerprint density at radius 3 is 2.67 bits per heavy atom. The van der Waals surface area contributed by atoms with Crippen LogP contribution in [0.4, 0.5) is 0 Å². The first-order chi connectivity index (χ1) is 13.0. The van der Waals surface area contributed by atoms with Crippen molar-refractivity contribution < 1.29 is 9.59 Å². The van der Waals surface area contributed by atoms with E-state index in [9.17, 15) is 9.59 Å². The van der Waals surface area contributed by atoms with E-state index in [2.05, 4.69) is 10.4 Å². The van der Waals surface area contributed by atoms with Gasteiger partial charge in [0.15, 0.2) is 5.69 Å². The molecule has 1 aliphatic rings. The van der Waals surface area contributed by atoms with Gasteiger partial charge in [-0.05, 0) is 43.5 Å². The third kappa shape index (κ3) is 3.04. The van der Waals surface area contributed by atoms with Gasteiger partial charge in [0.05, 0.1) is 16.3 Å². The van der Waals surface area contributed by atoms with Crippen LogP contribution in [0.5, 0.6) is 0 Å². The van der Waals surface area contributed by atoms with E-state index in [0.29, 0.717) is 18.8 Å². The normalized spacial score (nSPS) is 16.2. The lowest BCUT2D eigenvalue weighted by Crippen LogP contribution is -2.63. The molecule has 27 heavy (non-hydrogen) atoms. The molecule has 1 aromatic carbocycles. The lowest BCUT2D eigenvalue weighted by Gasteiger charge is -2.40. The Labute approximate surface area is 161 Å². The molecule has 0 aliphatic carbocycles. The highest BCUT2D eigenvalue weighted by molar-refractivity contribution is 7.13. The molecular formula is C20H20N4O2S. The van der Waals surface area contributed by atoms with Gasteiger partial charge in [0.25, 0.3) is 5.91 Å². The molecule has 1 N–H and O–H groups in total. The summed E-state index contributed by atoms with van der Waals surface area (Å²) in [6, 6.07) is 15.5. The second kappa shape index (κ2) is 6.66. The molecule has 0 radical (unpaired) electrons. The molecule has 3 aromatic rings. The van der Waals surface area contributed by atoms with Gasteiger partial charge in [0, 0.05) is 13.1 Å². The molecule has 2 aromatic heterocycles. The molecule has 6 nitrogen and oxygen atoms in total. The predicted octanol–water partition coefficient (Wildman–Crippen LogP) is 2.95. The van der Waals surface area contributed by atoms with Crippen LogP contribution in [0.3, 0.4) is 0 Å². The number of para-hydroxylation sites is 1. The van der Waals surface area contributed by atoms with Crippen LogP contribution in [0.2, 0.25) is 0 Å². The summed E-state index contributed by atoms with van der Waals surface area (Å²) in [6.07, 6.45) is 0. The predicted molar refractivity (Wildman–Crippen MR) is 105 cm³/mol. The first-order valence-corrected chi connectivity index (χ1v) is 9.66. The van der Waals surface area contributed by atoms with Crippen LogP contribution in [-0.2, 0) is 4.79 Å². The van der Waals surface area contributed by atoms with E-state index in [1.54, 1.807) is 34.8 Å². The molecule has 0 bridgehead atoms. The average molecular weight is 380 g/mol. The Balaban J connectivity index is 1.78. The highest BCUT2D eigenvalue weighted by atomic mass is 32.1. The molecule has 1 aliphatic heterocycles. The van der Waals surface area contributed by atoms with Crippen LogP contribution in [0.25, 0.3) is 16.3 Å². The van der Waals surface area contributed by atoms with Gasteiger partial charge in [-0.15, -0.1) is 11.3 Å². The Hall–Kier alpha value is -2.93. The number of amides is 2. The zero-order valence-corrected chi connectivity index (χ0v) is 16.0. The first-order valence-electron chi connectivity index (χ1n) is 8.78. The molecule has 1 saturated heterocycles. The van der Waals surface area contributed by atoms with Crippen molar-refractivity contribution in [3.63, 3.8) is 0 Å². The minimum atomic E-state index is -0.908. The van der Waals surface area contributed by atoms with Crippen molar-refractivity contribution in [3.05, 3.63) is 59.6 Å². The van der Waals surface area contributed by atoms with E-state index < -0.39 is 5.54 Å². The Morgan fingerprint density at radius 2 is 1.96 bits per heavy atom. The second-order valence-electron chi connectivity index (χ2n) is 6.91. The molecule has 0 unspecified atom stereocenters. The van der Waals surface area contributed by atoms with Crippen LogP contribution < -0.4 is 5.32 Å². The number of rotatable bonds is 3. The molecular weight excluding hydrogens is 360 g/mol. The molecule has 1 fully saturated rings. The van der Waals surface area contributed by atoms with Gasteiger partial charge in [0.2, 0.25) is 5.91 Å². The topological polar surface area (TPSA) is 67.2 Å². The number of nitrogens with one attached hydrogen (secondary N) is 1. The number of benzene rings is 1. The third-order valence-electron chi connectivity index (χ3n) is 4.80. The summed E-state index contributed by atoms with van der Waals surface area (Å²) in [5.74, 6) is -0.384. The monoisotopic (exact) mass is 380 g/mol. The number of carbonyl (C=O) groups excluding carboxylic acids is 2. The average Bonchev–Trinajstić information content (AvgIpc) is 3.33. The Morgan fingerprint density at radius 1 is 1.19 bits per heavy atom. The molecule has 138 valence electrons. The van der Waals surface area contributed by atoms with Gasteiger partial charge in [-0.2, -0.15) is 5.10 Å². The fourth-order valence-corrected chi connectivity index (χ4v) is 3.97. The van der Waals surface area contributed by atoms with E-state index in [4.69, 9.17) is 0 Å². The van der Waals surface area contributed by atoms with Crippen molar-refractivity contribution >= 4 is 23.2 Å². The summed E-state index contributed by atoms with van der Waals surface area (Å²) in [6.45, 7) is 4.43. The highest BCUT2D eigenvalue weighted by Crippen LogP contribution is 2.29. The maximum Gasteiger partial charge on any atom is 0.275 e. The van der Waals surface area contributed by atoms with E-state index in [1.807, 2.05) is 53.9 Å². The fraction of sp³-hybridized carbons (Fsp3) is 0.250. The van der Waals surface area contributed by atoms with Crippen LogP contribution in [0.1, 0.15) is 24.3 Å². The molecule has 3 heterocycles. The van der Waals surface area contributed by atoms with E-state index in [-0.39, 0.29) is 11.8 Å². The Kier molecular flexibility index (Phi) is 4.31. The largest absolute Gasteiger partial charge is 0.352 e. The number of aromatic nitrogens is 2. The molecule has 7 heteroatoms. The fourth-order valence-electron chi connectivity index (χ4n) is 3.24. The van der Waals surface area contributed by atoms with Crippen molar-refractivity contribution in [3.8, 4) is 16.3 Å². The maximum atomic E-state index is 13.2. The number of piperazine rings is 1. The van der Waals surface area contributed by atoms with Gasteiger partial charge >= 0.3 is 0 Å². The van der Waals surface area contributed by atoms with Crippen molar-refractivity contribution in [2.75, 3.05) is 13.1 Å². The lowest BCUT2D eigenvalue weighted by molar-refractivity contribution is -0.133. The summed E-state index contributed by atoms with van der Waals surface area (Å²) >= 11 is 1.60. The van der Waals surface area contributed by atoms with Gasteiger partial charge < -0.3 is 10.2 Å². The summed E-state index contributed by atoms with van der Waals surface area (Å²) in [5.41, 5.74) is 1.18. The summed E-state index contributed by atoms with van der Waals surface area (Å²) < 4.78 is 1.79.